The van der Waals surface area contributed by atoms with Gasteiger partial charge in [-0.1, -0.05) is 24.3 Å². The lowest BCUT2D eigenvalue weighted by atomic mass is 9.56. The van der Waals surface area contributed by atoms with Gasteiger partial charge in [-0.2, -0.15) is 0 Å². The lowest BCUT2D eigenvalue weighted by molar-refractivity contribution is -0.120. The molecule has 2 aliphatic rings. The summed E-state index contributed by atoms with van der Waals surface area (Å²) in [5.74, 6) is -0.454. The van der Waals surface area contributed by atoms with Crippen LogP contribution in [0.1, 0.15) is 52.0 Å². The Morgan fingerprint density at radius 3 is 2.16 bits per heavy atom. The van der Waals surface area contributed by atoms with Gasteiger partial charge in [0.15, 0.2) is 11.6 Å². The Bertz CT molecular complexity index is 1350. The van der Waals surface area contributed by atoms with Gasteiger partial charge < -0.3 is 19.9 Å². The van der Waals surface area contributed by atoms with Crippen LogP contribution in [0.4, 0.5) is 5.69 Å². The number of rotatable bonds is 5. The van der Waals surface area contributed by atoms with Crippen LogP contribution >= 0.6 is 0 Å². The minimum absolute atomic E-state index is 0.0426. The Hall–Kier alpha value is -3.97. The Morgan fingerprint density at radius 1 is 0.892 bits per heavy atom. The fraction of sp³-hybridized carbons (Fsp3) is 0.300. The van der Waals surface area contributed by atoms with Gasteiger partial charge in [-0.3, -0.25) is 14.4 Å². The van der Waals surface area contributed by atoms with Crippen molar-refractivity contribution in [3.63, 3.8) is 0 Å². The molecule has 0 aromatic heterocycles. The highest BCUT2D eigenvalue weighted by molar-refractivity contribution is 6.12. The van der Waals surface area contributed by atoms with Crippen LogP contribution in [-0.4, -0.2) is 36.8 Å². The molecule has 1 aliphatic carbocycles. The van der Waals surface area contributed by atoms with Crippen LogP contribution in [0.3, 0.4) is 0 Å². The summed E-state index contributed by atoms with van der Waals surface area (Å²) in [6, 6.07) is 20.6. The molecule has 0 radical (unpaired) electrons. The van der Waals surface area contributed by atoms with E-state index in [1.807, 2.05) is 0 Å². The number of carbonyl (C=O) groups is 3. The summed E-state index contributed by atoms with van der Waals surface area (Å²) in [6.07, 6.45) is 0.405. The third-order valence-electron chi connectivity index (χ3n) is 7.86. The zero-order chi connectivity index (χ0) is 26.2. The van der Waals surface area contributed by atoms with Gasteiger partial charge in [0.2, 0.25) is 5.91 Å². The first-order valence-corrected chi connectivity index (χ1v) is 12.3. The van der Waals surface area contributed by atoms with E-state index < -0.39 is 16.9 Å². The molecule has 3 aromatic carbocycles. The van der Waals surface area contributed by atoms with Crippen molar-refractivity contribution in [2.75, 3.05) is 19.5 Å². The Balaban J connectivity index is 1.60. The van der Waals surface area contributed by atoms with Gasteiger partial charge in [-0.05, 0) is 73.4 Å². The second kappa shape index (κ2) is 9.48. The minimum Gasteiger partial charge on any atom is -0.497 e. The first-order chi connectivity index (χ1) is 17.8. The normalized spacial score (nSPS) is 25.1. The minimum atomic E-state index is -1.53. The summed E-state index contributed by atoms with van der Waals surface area (Å²) in [5.41, 5.74) is -0.761. The second-order valence-electron chi connectivity index (χ2n) is 9.88. The molecule has 3 aromatic rings. The van der Waals surface area contributed by atoms with Crippen LogP contribution in [0.2, 0.25) is 0 Å². The first kappa shape index (κ1) is 24.7. The van der Waals surface area contributed by atoms with Crippen LogP contribution in [0, 0.1) is 11.3 Å². The quantitative estimate of drug-likeness (QED) is 0.490. The molecule has 7 heteroatoms. The van der Waals surface area contributed by atoms with Gasteiger partial charge in [0.1, 0.15) is 11.5 Å². The smallest absolute Gasteiger partial charge is 0.225 e. The predicted octanol–water partition coefficient (Wildman–Crippen LogP) is 4.79. The van der Waals surface area contributed by atoms with Crippen molar-refractivity contribution in [3.05, 3.63) is 89.5 Å². The SMILES string of the molecule is COc1ccc(C(=O)C2CC3(CCC2(O)c2ccc(OC)cc2)CC(=O)Nc2ccccc2C3=O)cc1. The van der Waals surface area contributed by atoms with E-state index in [-0.39, 0.29) is 43.2 Å². The Kier molecular flexibility index (Phi) is 6.33. The maximum Gasteiger partial charge on any atom is 0.225 e. The maximum atomic E-state index is 14.0. The number of hydrogen-bond donors (Lipinski definition) is 2. The van der Waals surface area contributed by atoms with Crippen molar-refractivity contribution >= 4 is 23.2 Å². The number of amides is 1. The molecule has 1 aliphatic heterocycles. The number of ether oxygens (including phenoxy) is 2. The number of benzene rings is 3. The van der Waals surface area contributed by atoms with Crippen molar-refractivity contribution in [1.82, 2.24) is 0 Å². The third kappa shape index (κ3) is 4.29. The number of methoxy groups -OCH3 is 2. The zero-order valence-electron chi connectivity index (χ0n) is 20.8. The average Bonchev–Trinajstić information content (AvgIpc) is 3.03. The molecule has 0 bridgehead atoms. The fourth-order valence-electron chi connectivity index (χ4n) is 5.78. The van der Waals surface area contributed by atoms with Crippen molar-refractivity contribution in [2.24, 2.45) is 11.3 Å². The van der Waals surface area contributed by atoms with Crippen LogP contribution in [0.5, 0.6) is 11.5 Å². The molecule has 1 amide bonds. The number of hydrogen-bond acceptors (Lipinski definition) is 6. The number of fused-ring (bicyclic) bond motifs is 1. The highest BCUT2D eigenvalue weighted by atomic mass is 16.5. The maximum absolute atomic E-state index is 14.0. The van der Waals surface area contributed by atoms with Crippen molar-refractivity contribution in [2.45, 2.75) is 31.3 Å². The van der Waals surface area contributed by atoms with E-state index in [9.17, 15) is 19.5 Å². The van der Waals surface area contributed by atoms with Crippen LogP contribution in [0.25, 0.3) is 0 Å². The lowest BCUT2D eigenvalue weighted by Crippen LogP contribution is -2.51. The molecule has 0 saturated heterocycles. The van der Waals surface area contributed by atoms with Crippen molar-refractivity contribution in [1.29, 1.82) is 0 Å². The molecule has 2 N–H and O–H groups in total. The van der Waals surface area contributed by atoms with Crippen LogP contribution in [-0.2, 0) is 10.4 Å². The molecule has 1 spiro atoms. The van der Waals surface area contributed by atoms with E-state index in [1.54, 1.807) is 87.0 Å². The summed E-state index contributed by atoms with van der Waals surface area (Å²) in [4.78, 5) is 40.9. The van der Waals surface area contributed by atoms with Gasteiger partial charge in [0.25, 0.3) is 0 Å². The molecule has 3 unspecified atom stereocenters. The summed E-state index contributed by atoms with van der Waals surface area (Å²) in [5, 5.41) is 15.0. The second-order valence-corrected chi connectivity index (χ2v) is 9.88. The third-order valence-corrected chi connectivity index (χ3v) is 7.86. The Morgan fingerprint density at radius 2 is 1.51 bits per heavy atom. The van der Waals surface area contributed by atoms with E-state index in [0.717, 1.165) is 0 Å². The number of anilines is 1. The predicted molar refractivity (Wildman–Crippen MR) is 138 cm³/mol. The summed E-state index contributed by atoms with van der Waals surface area (Å²) in [7, 11) is 3.11. The highest BCUT2D eigenvalue weighted by Gasteiger charge is 2.56. The number of Topliss-reactive ketones (excluding diaryl/α,β-unsaturated/α-hetero) is 2. The van der Waals surface area contributed by atoms with Gasteiger partial charge in [0, 0.05) is 23.0 Å². The molecule has 7 nitrogen and oxygen atoms in total. The summed E-state index contributed by atoms with van der Waals surface area (Å²) < 4.78 is 10.5. The monoisotopic (exact) mass is 499 g/mol. The Labute approximate surface area is 215 Å². The largest absolute Gasteiger partial charge is 0.497 e. The molecule has 3 atom stereocenters. The summed E-state index contributed by atoms with van der Waals surface area (Å²) in [6.45, 7) is 0. The van der Waals surface area contributed by atoms with Gasteiger partial charge in [-0.25, -0.2) is 0 Å². The number of aliphatic hydroxyl groups is 1. The first-order valence-electron chi connectivity index (χ1n) is 12.3. The molecule has 1 heterocycles. The van der Waals surface area contributed by atoms with E-state index in [1.165, 1.54) is 0 Å². The molecular weight excluding hydrogens is 470 g/mol. The van der Waals surface area contributed by atoms with Crippen molar-refractivity contribution < 1.29 is 29.0 Å². The molecular formula is C30H29NO6. The number of para-hydroxylation sites is 1. The molecule has 5 rings (SSSR count). The van der Waals surface area contributed by atoms with Crippen LogP contribution in [0.15, 0.2) is 72.8 Å². The van der Waals surface area contributed by atoms with E-state index >= 15 is 0 Å². The van der Waals surface area contributed by atoms with Gasteiger partial charge in [-0.15, -0.1) is 0 Å². The topological polar surface area (TPSA) is 102 Å². The highest BCUT2D eigenvalue weighted by Crippen LogP contribution is 2.54. The lowest BCUT2D eigenvalue weighted by Gasteiger charge is -2.47. The van der Waals surface area contributed by atoms with E-state index in [0.29, 0.717) is 33.9 Å². The molecule has 37 heavy (non-hydrogen) atoms. The molecule has 190 valence electrons. The van der Waals surface area contributed by atoms with Gasteiger partial charge >= 0.3 is 0 Å². The van der Waals surface area contributed by atoms with E-state index in [4.69, 9.17) is 9.47 Å². The molecule has 1 saturated carbocycles. The number of nitrogens with one attached hydrogen (secondary N) is 1. The van der Waals surface area contributed by atoms with Crippen molar-refractivity contribution in [3.8, 4) is 11.5 Å². The summed E-state index contributed by atoms with van der Waals surface area (Å²) >= 11 is 0. The number of ketones is 2. The van der Waals surface area contributed by atoms with E-state index in [2.05, 4.69) is 5.32 Å². The number of carbonyl (C=O) groups excluding carboxylic acids is 3. The standard InChI is InChI=1S/C30H29NO6/c1-36-21-11-7-19(8-12-21)27(33)24-17-29(15-16-30(24,35)20-9-13-22(37-2)14-10-20)18-26(32)31-25-6-4-3-5-23(25)28(29)34/h3-14,24,35H,15-18H2,1-2H3,(H,31,32). The van der Waals surface area contributed by atoms with Gasteiger partial charge in [0.05, 0.1) is 31.4 Å². The molecule has 1 fully saturated rings. The zero-order valence-corrected chi connectivity index (χ0v) is 20.8. The fourth-order valence-corrected chi connectivity index (χ4v) is 5.78. The average molecular weight is 500 g/mol. The van der Waals surface area contributed by atoms with Crippen LogP contribution < -0.4 is 14.8 Å².